The SMILES string of the molecule is C=CC(=CC=CC(=C)CCCCCCCC)CCCCCCC. The molecular weight excluding hydrogens is 276 g/mol. The molecule has 0 aliphatic heterocycles. The summed E-state index contributed by atoms with van der Waals surface area (Å²) in [6.45, 7) is 12.6. The predicted octanol–water partition coefficient (Wildman–Crippen LogP) is 8.32. The van der Waals surface area contributed by atoms with E-state index in [0.29, 0.717) is 0 Å². The topological polar surface area (TPSA) is 0 Å². The third-order valence-corrected chi connectivity index (χ3v) is 4.32. The van der Waals surface area contributed by atoms with E-state index in [1.165, 1.54) is 81.8 Å². The lowest BCUT2D eigenvalue weighted by atomic mass is 10.0. The van der Waals surface area contributed by atoms with E-state index in [2.05, 4.69) is 45.2 Å². The number of unbranched alkanes of at least 4 members (excludes halogenated alkanes) is 9. The monoisotopic (exact) mass is 316 g/mol. The summed E-state index contributed by atoms with van der Waals surface area (Å²) in [6, 6.07) is 0. The molecule has 0 saturated heterocycles. The Bertz CT molecular complexity index is 343. The largest absolute Gasteiger partial charge is 0.0988 e. The molecule has 0 heteroatoms. The molecule has 0 unspecified atom stereocenters. The Kier molecular flexibility index (Phi) is 16.5. The third-order valence-electron chi connectivity index (χ3n) is 4.32. The van der Waals surface area contributed by atoms with E-state index in [4.69, 9.17) is 0 Å². The van der Waals surface area contributed by atoms with Crippen LogP contribution in [-0.2, 0) is 0 Å². The first kappa shape index (κ1) is 22.0. The van der Waals surface area contributed by atoms with Gasteiger partial charge >= 0.3 is 0 Å². The van der Waals surface area contributed by atoms with Crippen LogP contribution < -0.4 is 0 Å². The van der Waals surface area contributed by atoms with E-state index in [1.54, 1.807) is 0 Å². The van der Waals surface area contributed by atoms with Crippen LogP contribution in [0.4, 0.5) is 0 Å². The lowest BCUT2D eigenvalue weighted by molar-refractivity contribution is 0.608. The van der Waals surface area contributed by atoms with Gasteiger partial charge in [0.1, 0.15) is 0 Å². The van der Waals surface area contributed by atoms with Crippen LogP contribution in [0.25, 0.3) is 0 Å². The molecular formula is C23H40. The molecule has 0 spiro atoms. The van der Waals surface area contributed by atoms with Crippen LogP contribution in [0, 0.1) is 0 Å². The van der Waals surface area contributed by atoms with Crippen LogP contribution in [0.5, 0.6) is 0 Å². The molecule has 0 radical (unpaired) electrons. The molecule has 132 valence electrons. The Morgan fingerprint density at radius 3 is 1.83 bits per heavy atom. The smallest absolute Gasteiger partial charge is 0.0279 e. The Morgan fingerprint density at radius 2 is 1.26 bits per heavy atom. The van der Waals surface area contributed by atoms with E-state index in [0.717, 1.165) is 12.8 Å². The first-order valence-corrected chi connectivity index (χ1v) is 9.92. The molecule has 0 aliphatic rings. The standard InChI is InChI=1S/C23H40/c1-5-8-10-12-14-15-18-22(4)19-17-21-23(7-3)20-16-13-11-9-6-2/h7,17,19,21H,3-6,8-16,18,20H2,1-2H3. The van der Waals surface area contributed by atoms with Gasteiger partial charge in [0, 0.05) is 0 Å². The average molecular weight is 317 g/mol. The maximum absolute atomic E-state index is 4.17. The highest BCUT2D eigenvalue weighted by atomic mass is 14.0. The summed E-state index contributed by atoms with van der Waals surface area (Å²) in [7, 11) is 0. The van der Waals surface area contributed by atoms with Crippen molar-refractivity contribution in [3.05, 3.63) is 48.6 Å². The van der Waals surface area contributed by atoms with Gasteiger partial charge in [0.25, 0.3) is 0 Å². The van der Waals surface area contributed by atoms with Crippen molar-refractivity contribution in [3.63, 3.8) is 0 Å². The minimum atomic E-state index is 1.14. The summed E-state index contributed by atoms with van der Waals surface area (Å²) in [4.78, 5) is 0. The molecule has 0 aromatic carbocycles. The molecule has 0 rings (SSSR count). The normalized spacial score (nSPS) is 12.0. The second-order valence-corrected chi connectivity index (χ2v) is 6.65. The van der Waals surface area contributed by atoms with Crippen molar-refractivity contribution in [2.24, 2.45) is 0 Å². The molecule has 0 bridgehead atoms. The van der Waals surface area contributed by atoms with Crippen molar-refractivity contribution in [2.45, 2.75) is 97.3 Å². The van der Waals surface area contributed by atoms with Gasteiger partial charge in [-0.15, -0.1) is 0 Å². The highest BCUT2D eigenvalue weighted by molar-refractivity contribution is 5.26. The number of hydrogen-bond donors (Lipinski definition) is 0. The number of hydrogen-bond acceptors (Lipinski definition) is 0. The third kappa shape index (κ3) is 15.6. The minimum absolute atomic E-state index is 1.14. The van der Waals surface area contributed by atoms with Crippen LogP contribution in [0.1, 0.15) is 97.3 Å². The first-order chi connectivity index (χ1) is 11.2. The lowest BCUT2D eigenvalue weighted by Crippen LogP contribution is -1.82. The maximum Gasteiger partial charge on any atom is -0.0279 e. The zero-order chi connectivity index (χ0) is 17.2. The summed E-state index contributed by atoms with van der Waals surface area (Å²) in [5, 5.41) is 0. The van der Waals surface area contributed by atoms with Gasteiger partial charge in [0.2, 0.25) is 0 Å². The molecule has 0 atom stereocenters. The highest BCUT2D eigenvalue weighted by Crippen LogP contribution is 2.14. The van der Waals surface area contributed by atoms with Crippen LogP contribution in [0.2, 0.25) is 0 Å². The number of allylic oxidation sites excluding steroid dienone is 6. The van der Waals surface area contributed by atoms with Gasteiger partial charge < -0.3 is 0 Å². The van der Waals surface area contributed by atoms with Gasteiger partial charge in [-0.2, -0.15) is 0 Å². The van der Waals surface area contributed by atoms with Crippen molar-refractivity contribution < 1.29 is 0 Å². The minimum Gasteiger partial charge on any atom is -0.0988 e. The quantitative estimate of drug-likeness (QED) is 0.198. The molecule has 0 N–H and O–H groups in total. The Labute approximate surface area is 146 Å². The van der Waals surface area contributed by atoms with Crippen molar-refractivity contribution in [1.82, 2.24) is 0 Å². The van der Waals surface area contributed by atoms with E-state index < -0.39 is 0 Å². The molecule has 0 aromatic heterocycles. The lowest BCUT2D eigenvalue weighted by Gasteiger charge is -2.02. The molecule has 0 nitrogen and oxygen atoms in total. The van der Waals surface area contributed by atoms with Crippen LogP contribution in [-0.4, -0.2) is 0 Å². The Morgan fingerprint density at radius 1 is 0.739 bits per heavy atom. The van der Waals surface area contributed by atoms with Gasteiger partial charge in [0.15, 0.2) is 0 Å². The molecule has 0 heterocycles. The summed E-state index contributed by atoms with van der Waals surface area (Å²) >= 11 is 0. The number of rotatable bonds is 16. The fourth-order valence-corrected chi connectivity index (χ4v) is 2.71. The summed E-state index contributed by atoms with van der Waals surface area (Å²) in [5.41, 5.74) is 2.60. The maximum atomic E-state index is 4.17. The Balaban J connectivity index is 3.82. The van der Waals surface area contributed by atoms with Crippen LogP contribution in [0.3, 0.4) is 0 Å². The fraction of sp³-hybridized carbons (Fsp3) is 0.652. The van der Waals surface area contributed by atoms with Crippen molar-refractivity contribution >= 4 is 0 Å². The summed E-state index contributed by atoms with van der Waals surface area (Å²) in [6.07, 6.45) is 25.6. The van der Waals surface area contributed by atoms with Crippen molar-refractivity contribution in [1.29, 1.82) is 0 Å². The predicted molar refractivity (Wildman–Crippen MR) is 108 cm³/mol. The van der Waals surface area contributed by atoms with E-state index in [9.17, 15) is 0 Å². The molecule has 0 aromatic rings. The van der Waals surface area contributed by atoms with E-state index in [-0.39, 0.29) is 0 Å². The second kappa shape index (κ2) is 17.3. The van der Waals surface area contributed by atoms with Crippen LogP contribution >= 0.6 is 0 Å². The second-order valence-electron chi connectivity index (χ2n) is 6.65. The highest BCUT2D eigenvalue weighted by Gasteiger charge is 1.94. The molecule has 23 heavy (non-hydrogen) atoms. The van der Waals surface area contributed by atoms with Gasteiger partial charge in [-0.25, -0.2) is 0 Å². The van der Waals surface area contributed by atoms with E-state index in [1.807, 2.05) is 6.08 Å². The van der Waals surface area contributed by atoms with Crippen molar-refractivity contribution in [2.75, 3.05) is 0 Å². The van der Waals surface area contributed by atoms with Gasteiger partial charge in [-0.05, 0) is 31.3 Å². The summed E-state index contributed by atoms with van der Waals surface area (Å²) < 4.78 is 0. The summed E-state index contributed by atoms with van der Waals surface area (Å²) in [5.74, 6) is 0. The molecule has 0 saturated carbocycles. The average Bonchev–Trinajstić information content (AvgIpc) is 2.56. The van der Waals surface area contributed by atoms with Crippen molar-refractivity contribution in [3.8, 4) is 0 Å². The van der Waals surface area contributed by atoms with Gasteiger partial charge in [-0.1, -0.05) is 115 Å². The molecule has 0 amide bonds. The fourth-order valence-electron chi connectivity index (χ4n) is 2.71. The molecule has 0 fully saturated rings. The van der Waals surface area contributed by atoms with E-state index >= 15 is 0 Å². The van der Waals surface area contributed by atoms with Gasteiger partial charge in [-0.3, -0.25) is 0 Å². The zero-order valence-electron chi connectivity index (χ0n) is 15.9. The Hall–Kier alpha value is -1.04. The molecule has 0 aliphatic carbocycles. The first-order valence-electron chi connectivity index (χ1n) is 9.92. The van der Waals surface area contributed by atoms with Crippen LogP contribution in [0.15, 0.2) is 48.6 Å². The zero-order valence-corrected chi connectivity index (χ0v) is 15.9. The van der Waals surface area contributed by atoms with Gasteiger partial charge in [0.05, 0.1) is 0 Å².